The first kappa shape index (κ1) is 21.9. The van der Waals surface area contributed by atoms with Gasteiger partial charge in [-0.05, 0) is 86.8 Å². The van der Waals surface area contributed by atoms with Crippen molar-refractivity contribution in [3.63, 3.8) is 0 Å². The molecule has 0 spiro atoms. The predicted molar refractivity (Wildman–Crippen MR) is 137 cm³/mol. The fraction of sp³-hybridized carbons (Fsp3) is 0.333. The number of nitrogens with one attached hydrogen (secondary N) is 1. The number of hydrogen-bond acceptors (Lipinski definition) is 4. The van der Waals surface area contributed by atoms with Gasteiger partial charge in [0, 0.05) is 23.2 Å². The quantitative estimate of drug-likeness (QED) is 0.553. The maximum absolute atomic E-state index is 13.5. The Morgan fingerprint density at radius 1 is 1.33 bits per heavy atom. The van der Waals surface area contributed by atoms with Gasteiger partial charge in [0.25, 0.3) is 5.91 Å². The highest BCUT2D eigenvalue weighted by Gasteiger charge is 2.47. The standard InChI is InChI=1S/C27H31N3O2Si/c1-4-18-14-22(20-6-5-12-28-23(20)15-18)27(10-11-27)29-25(31)21-16-19(8-7-17(21)2)32-26(33)24-9-13-30(24)3/h4-8,12,14-16,24,26H,1,9-11,13H2,2-3,33H3,(H,29,31)/t24-,26?/m0/s1. The van der Waals surface area contributed by atoms with Crippen LogP contribution < -0.4 is 10.1 Å². The number of carbonyl (C=O) groups is 1. The highest BCUT2D eigenvalue weighted by Crippen LogP contribution is 2.48. The van der Waals surface area contributed by atoms with Gasteiger partial charge in [0.05, 0.1) is 27.0 Å². The normalized spacial score (nSPS) is 20.1. The van der Waals surface area contributed by atoms with Crippen molar-refractivity contribution >= 4 is 33.1 Å². The number of fused-ring (bicyclic) bond motifs is 1. The van der Waals surface area contributed by atoms with Crippen molar-refractivity contribution < 1.29 is 9.53 Å². The summed E-state index contributed by atoms with van der Waals surface area (Å²) in [6.45, 7) is 7.05. The Morgan fingerprint density at radius 2 is 2.15 bits per heavy atom. The summed E-state index contributed by atoms with van der Waals surface area (Å²) in [7, 11) is 3.09. The number of benzene rings is 2. The van der Waals surface area contributed by atoms with Crippen LogP contribution in [0.15, 0.2) is 55.2 Å². The molecule has 1 aliphatic heterocycles. The van der Waals surface area contributed by atoms with Crippen LogP contribution in [0.1, 0.15) is 46.3 Å². The second kappa shape index (κ2) is 8.43. The van der Waals surface area contributed by atoms with Crippen molar-refractivity contribution in [2.75, 3.05) is 13.6 Å². The second-order valence-corrected chi connectivity index (χ2v) is 10.7. The smallest absolute Gasteiger partial charge is 0.252 e. The van der Waals surface area contributed by atoms with Crippen LogP contribution in [0.5, 0.6) is 5.75 Å². The molecule has 5 nitrogen and oxygen atoms in total. The first-order valence-electron chi connectivity index (χ1n) is 11.7. The lowest BCUT2D eigenvalue weighted by Crippen LogP contribution is -2.53. The van der Waals surface area contributed by atoms with Gasteiger partial charge in [0.15, 0.2) is 0 Å². The molecular weight excluding hydrogens is 426 g/mol. The molecule has 0 radical (unpaired) electrons. The van der Waals surface area contributed by atoms with Gasteiger partial charge in [0.1, 0.15) is 5.75 Å². The van der Waals surface area contributed by atoms with E-state index in [1.54, 1.807) is 6.20 Å². The molecule has 2 aromatic carbocycles. The summed E-state index contributed by atoms with van der Waals surface area (Å²) in [4.78, 5) is 20.4. The number of ether oxygens (including phenoxy) is 1. The Labute approximate surface area is 198 Å². The summed E-state index contributed by atoms with van der Waals surface area (Å²) in [5.74, 6) is 0.723. The van der Waals surface area contributed by atoms with Gasteiger partial charge in [-0.3, -0.25) is 9.78 Å². The molecule has 1 amide bonds. The van der Waals surface area contributed by atoms with E-state index in [1.165, 1.54) is 6.42 Å². The monoisotopic (exact) mass is 457 g/mol. The molecule has 2 aliphatic rings. The molecular formula is C27H31N3O2Si. The zero-order valence-corrected chi connectivity index (χ0v) is 21.6. The molecule has 6 heteroatoms. The van der Waals surface area contributed by atoms with Crippen LogP contribution in [0.4, 0.5) is 0 Å². The number of likely N-dealkylation sites (tertiary alicyclic amines) is 1. The molecule has 2 atom stereocenters. The number of hydrogen-bond donors (Lipinski definition) is 1. The molecule has 3 aromatic rings. The summed E-state index contributed by atoms with van der Waals surface area (Å²) >= 11 is 0. The van der Waals surface area contributed by atoms with Gasteiger partial charge in [0.2, 0.25) is 0 Å². The van der Waals surface area contributed by atoms with Gasteiger partial charge >= 0.3 is 0 Å². The molecule has 2 fully saturated rings. The van der Waals surface area contributed by atoms with Crippen molar-refractivity contribution in [1.82, 2.24) is 15.2 Å². The lowest BCUT2D eigenvalue weighted by Gasteiger charge is -2.41. The summed E-state index contributed by atoms with van der Waals surface area (Å²) in [5, 5.41) is 4.44. The average Bonchev–Trinajstić information content (AvgIpc) is 3.58. The Morgan fingerprint density at radius 3 is 2.82 bits per heavy atom. The van der Waals surface area contributed by atoms with Crippen LogP contribution in [-0.4, -0.2) is 51.4 Å². The van der Waals surface area contributed by atoms with Crippen molar-refractivity contribution in [2.24, 2.45) is 0 Å². The van der Waals surface area contributed by atoms with Crippen molar-refractivity contribution in [3.05, 3.63) is 77.5 Å². The van der Waals surface area contributed by atoms with Crippen molar-refractivity contribution in [3.8, 4) is 5.75 Å². The third kappa shape index (κ3) is 4.09. The Hall–Kier alpha value is -2.96. The minimum atomic E-state index is -0.366. The topological polar surface area (TPSA) is 54.5 Å². The van der Waals surface area contributed by atoms with E-state index in [1.807, 2.05) is 43.3 Å². The third-order valence-corrected chi connectivity index (χ3v) is 8.26. The number of nitrogens with zero attached hydrogens (tertiary/aromatic N) is 2. The molecule has 5 rings (SSSR count). The Bertz CT molecular complexity index is 1240. The Kier molecular flexibility index (Phi) is 5.58. The van der Waals surface area contributed by atoms with Gasteiger partial charge in [-0.1, -0.05) is 24.8 Å². The lowest BCUT2D eigenvalue weighted by molar-refractivity contribution is 0.0562. The summed E-state index contributed by atoms with van der Waals surface area (Å²) in [6, 6.07) is 14.6. The third-order valence-electron chi connectivity index (χ3n) is 7.26. The van der Waals surface area contributed by atoms with E-state index in [9.17, 15) is 4.79 Å². The van der Waals surface area contributed by atoms with Crippen LogP contribution in [0.3, 0.4) is 0 Å². The van der Waals surface area contributed by atoms with Crippen LogP contribution >= 0.6 is 0 Å². The van der Waals surface area contributed by atoms with E-state index in [4.69, 9.17) is 4.74 Å². The van der Waals surface area contributed by atoms with Crippen LogP contribution in [-0.2, 0) is 5.54 Å². The molecule has 1 saturated carbocycles. The second-order valence-electron chi connectivity index (χ2n) is 9.52. The van der Waals surface area contributed by atoms with Gasteiger partial charge in [-0.25, -0.2) is 0 Å². The zero-order chi connectivity index (χ0) is 23.2. The number of aromatic nitrogens is 1. The lowest BCUT2D eigenvalue weighted by atomic mass is 9.95. The van der Waals surface area contributed by atoms with Crippen molar-refractivity contribution in [2.45, 2.75) is 43.5 Å². The molecule has 1 aliphatic carbocycles. The maximum Gasteiger partial charge on any atom is 0.252 e. The highest BCUT2D eigenvalue weighted by atomic mass is 28.1. The fourth-order valence-corrected chi connectivity index (χ4v) is 6.05. The number of carbonyl (C=O) groups excluding carboxylic acids is 1. The van der Waals surface area contributed by atoms with Crippen LogP contribution in [0.25, 0.3) is 17.0 Å². The minimum absolute atomic E-state index is 0.0536. The van der Waals surface area contributed by atoms with E-state index in [0.29, 0.717) is 11.6 Å². The summed E-state index contributed by atoms with van der Waals surface area (Å²) in [6.07, 6.45) is 6.64. The van der Waals surface area contributed by atoms with Crippen LogP contribution in [0, 0.1) is 6.92 Å². The summed E-state index contributed by atoms with van der Waals surface area (Å²) in [5.41, 5.74) is 4.55. The van der Waals surface area contributed by atoms with E-state index >= 15 is 0 Å². The molecule has 0 bridgehead atoms. The first-order valence-corrected chi connectivity index (χ1v) is 12.9. The highest BCUT2D eigenvalue weighted by molar-refractivity contribution is 6.11. The van der Waals surface area contributed by atoms with E-state index < -0.39 is 0 Å². The fourth-order valence-electron chi connectivity index (χ4n) is 4.93. The molecule has 2 heterocycles. The maximum atomic E-state index is 13.5. The number of amides is 1. The largest absolute Gasteiger partial charge is 0.494 e. The summed E-state index contributed by atoms with van der Waals surface area (Å²) < 4.78 is 6.27. The molecule has 1 aromatic heterocycles. The first-order chi connectivity index (χ1) is 15.9. The minimum Gasteiger partial charge on any atom is -0.494 e. The number of pyridine rings is 1. The number of aryl methyl sites for hydroxylation is 1. The molecule has 33 heavy (non-hydrogen) atoms. The van der Waals surface area contributed by atoms with Crippen molar-refractivity contribution in [1.29, 1.82) is 0 Å². The number of likely N-dealkylation sites (N-methyl/N-ethyl adjacent to an activating group) is 1. The van der Waals surface area contributed by atoms with Crippen LogP contribution in [0.2, 0.25) is 0 Å². The molecule has 1 saturated heterocycles. The molecule has 1 N–H and O–H groups in total. The van der Waals surface area contributed by atoms with E-state index in [0.717, 1.165) is 63.0 Å². The average molecular weight is 458 g/mol. The van der Waals surface area contributed by atoms with Gasteiger partial charge < -0.3 is 15.0 Å². The zero-order valence-electron chi connectivity index (χ0n) is 19.6. The van der Waals surface area contributed by atoms with E-state index in [2.05, 4.69) is 41.0 Å². The predicted octanol–water partition coefficient (Wildman–Crippen LogP) is 3.38. The van der Waals surface area contributed by atoms with E-state index in [-0.39, 0.29) is 17.2 Å². The SMILES string of the molecule is C=Cc1cc(C2(NC(=O)c3cc(OC([SiH3])[C@@H]4CCN4C)ccc3C)CC2)c2cccnc2c1. The molecule has 1 unspecified atom stereocenters. The van der Waals surface area contributed by atoms with Gasteiger partial charge in [-0.15, -0.1) is 0 Å². The number of rotatable bonds is 7. The van der Waals surface area contributed by atoms with Gasteiger partial charge in [-0.2, -0.15) is 0 Å². The molecule has 170 valence electrons. The Balaban J connectivity index is 1.41.